The van der Waals surface area contributed by atoms with E-state index in [0.717, 1.165) is 17.0 Å². The largest absolute Gasteiger partial charge is 0.475 e. The highest BCUT2D eigenvalue weighted by Gasteiger charge is 2.16. The van der Waals surface area contributed by atoms with Crippen molar-refractivity contribution in [3.05, 3.63) is 48.5 Å². The van der Waals surface area contributed by atoms with Crippen molar-refractivity contribution >= 4 is 5.97 Å². The first kappa shape index (κ1) is 12.2. The molecule has 0 saturated heterocycles. The summed E-state index contributed by atoms with van der Waals surface area (Å²) in [6, 6.07) is 8.92. The van der Waals surface area contributed by atoms with Crippen LogP contribution in [0.3, 0.4) is 0 Å². The lowest BCUT2D eigenvalue weighted by Gasteiger charge is -2.06. The highest BCUT2D eigenvalue weighted by Crippen LogP contribution is 2.30. The van der Waals surface area contributed by atoms with E-state index in [-0.39, 0.29) is 5.76 Å². The van der Waals surface area contributed by atoms with Crippen molar-refractivity contribution in [1.82, 2.24) is 14.7 Å². The first-order valence-corrected chi connectivity index (χ1v) is 5.94. The van der Waals surface area contributed by atoms with Crippen molar-refractivity contribution < 1.29 is 14.4 Å². The molecule has 6 nitrogen and oxygen atoms in total. The van der Waals surface area contributed by atoms with E-state index in [1.165, 1.54) is 6.07 Å². The maximum atomic E-state index is 10.9. The van der Waals surface area contributed by atoms with Crippen molar-refractivity contribution in [2.45, 2.75) is 0 Å². The average Bonchev–Trinajstić information content (AvgIpc) is 3.07. The molecule has 0 radical (unpaired) electrons. The van der Waals surface area contributed by atoms with Crippen LogP contribution in [0.4, 0.5) is 0 Å². The van der Waals surface area contributed by atoms with Crippen LogP contribution in [0.2, 0.25) is 0 Å². The van der Waals surface area contributed by atoms with Crippen molar-refractivity contribution in [2.24, 2.45) is 7.05 Å². The number of carboxylic acids is 1. The Bertz CT molecular complexity index is 773. The predicted octanol–water partition coefficient (Wildman–Crippen LogP) is 2.44. The summed E-state index contributed by atoms with van der Waals surface area (Å²) < 4.78 is 6.69. The monoisotopic (exact) mass is 269 g/mol. The molecule has 0 aliphatic heterocycles. The van der Waals surface area contributed by atoms with Gasteiger partial charge in [0.2, 0.25) is 5.76 Å². The van der Waals surface area contributed by atoms with Crippen LogP contribution >= 0.6 is 0 Å². The molecule has 0 spiro atoms. The molecular weight excluding hydrogens is 258 g/mol. The van der Waals surface area contributed by atoms with Gasteiger partial charge in [-0.15, -0.1) is 0 Å². The summed E-state index contributed by atoms with van der Waals surface area (Å²) in [4.78, 5) is 15.2. The van der Waals surface area contributed by atoms with E-state index < -0.39 is 5.97 Å². The molecule has 100 valence electrons. The zero-order valence-electron chi connectivity index (χ0n) is 10.6. The van der Waals surface area contributed by atoms with Crippen molar-refractivity contribution in [1.29, 1.82) is 0 Å². The van der Waals surface area contributed by atoms with E-state index in [0.29, 0.717) is 5.69 Å². The second-order valence-electron chi connectivity index (χ2n) is 4.29. The zero-order chi connectivity index (χ0) is 14.1. The number of aromatic nitrogens is 3. The van der Waals surface area contributed by atoms with Gasteiger partial charge in [0.15, 0.2) is 0 Å². The minimum absolute atomic E-state index is 0.186. The Morgan fingerprint density at radius 1 is 1.30 bits per heavy atom. The van der Waals surface area contributed by atoms with Crippen LogP contribution in [-0.4, -0.2) is 25.8 Å². The number of carbonyl (C=O) groups is 1. The second kappa shape index (κ2) is 4.65. The Kier molecular flexibility index (Phi) is 2.83. The van der Waals surface area contributed by atoms with Gasteiger partial charge in [-0.05, 0) is 0 Å². The number of hydrogen-bond donors (Lipinski definition) is 1. The van der Waals surface area contributed by atoms with Crippen LogP contribution in [0.5, 0.6) is 0 Å². The van der Waals surface area contributed by atoms with Crippen LogP contribution in [0, 0.1) is 0 Å². The molecule has 1 N–H and O–H groups in total. The van der Waals surface area contributed by atoms with E-state index in [1.807, 2.05) is 42.1 Å². The molecule has 6 heteroatoms. The van der Waals surface area contributed by atoms with Crippen LogP contribution in [-0.2, 0) is 7.05 Å². The summed E-state index contributed by atoms with van der Waals surface area (Å²) in [6.45, 7) is 0. The third-order valence-corrected chi connectivity index (χ3v) is 2.99. The van der Waals surface area contributed by atoms with Gasteiger partial charge in [0.05, 0.1) is 0 Å². The summed E-state index contributed by atoms with van der Waals surface area (Å²) in [5, 5.41) is 12.7. The number of hydrogen-bond acceptors (Lipinski definition) is 4. The fourth-order valence-corrected chi connectivity index (χ4v) is 2.03. The molecule has 0 saturated carbocycles. The van der Waals surface area contributed by atoms with Crippen LogP contribution < -0.4 is 0 Å². The number of benzene rings is 1. The fraction of sp³-hybridized carbons (Fsp3) is 0.0714. The van der Waals surface area contributed by atoms with Crippen molar-refractivity contribution in [2.75, 3.05) is 0 Å². The Morgan fingerprint density at radius 3 is 2.65 bits per heavy atom. The molecular formula is C14H11N3O3. The molecule has 2 heterocycles. The number of aromatic carboxylic acids is 1. The molecule has 0 aliphatic rings. The number of carboxylic acid groups (broad SMARTS) is 1. The molecule has 3 aromatic rings. The zero-order valence-corrected chi connectivity index (χ0v) is 10.6. The quantitative estimate of drug-likeness (QED) is 0.789. The van der Waals surface area contributed by atoms with Crippen LogP contribution in [0.1, 0.15) is 10.6 Å². The van der Waals surface area contributed by atoms with Gasteiger partial charge in [0.1, 0.15) is 11.5 Å². The maximum Gasteiger partial charge on any atom is 0.374 e. The molecule has 0 fully saturated rings. The molecule has 0 aliphatic carbocycles. The predicted molar refractivity (Wildman–Crippen MR) is 71.1 cm³/mol. The standard InChI is InChI=1S/C14H11N3O3/c1-17-7-6-15-13(17)10-5-3-2-4-9(10)11-8-12(14(18)19)20-16-11/h2-8H,1H3,(H,18,19). The lowest BCUT2D eigenvalue weighted by Crippen LogP contribution is -1.94. The van der Waals surface area contributed by atoms with Gasteiger partial charge in [-0.25, -0.2) is 9.78 Å². The topological polar surface area (TPSA) is 81.2 Å². The van der Waals surface area contributed by atoms with Gasteiger partial charge >= 0.3 is 5.97 Å². The van der Waals surface area contributed by atoms with Crippen LogP contribution in [0.15, 0.2) is 47.2 Å². The Morgan fingerprint density at radius 2 is 2.05 bits per heavy atom. The van der Waals surface area contributed by atoms with Gasteiger partial charge in [-0.3, -0.25) is 0 Å². The highest BCUT2D eigenvalue weighted by atomic mass is 16.5. The Hall–Kier alpha value is -2.89. The van der Waals surface area contributed by atoms with E-state index in [2.05, 4.69) is 10.1 Å². The lowest BCUT2D eigenvalue weighted by atomic mass is 10.0. The molecule has 0 amide bonds. The third kappa shape index (κ3) is 1.97. The fourth-order valence-electron chi connectivity index (χ4n) is 2.03. The molecule has 1 aromatic carbocycles. The summed E-state index contributed by atoms with van der Waals surface area (Å²) in [5.74, 6) is -0.548. The Balaban J connectivity index is 2.14. The van der Waals surface area contributed by atoms with Crippen LogP contribution in [0.25, 0.3) is 22.6 Å². The van der Waals surface area contributed by atoms with Gasteiger partial charge in [-0.2, -0.15) is 0 Å². The van der Waals surface area contributed by atoms with Gasteiger partial charge in [0, 0.05) is 36.6 Å². The van der Waals surface area contributed by atoms with E-state index in [4.69, 9.17) is 9.63 Å². The number of rotatable bonds is 3. The summed E-state index contributed by atoms with van der Waals surface area (Å²) >= 11 is 0. The highest BCUT2D eigenvalue weighted by molar-refractivity contribution is 5.87. The summed E-state index contributed by atoms with van der Waals surface area (Å²) in [6.07, 6.45) is 3.55. The third-order valence-electron chi connectivity index (χ3n) is 2.99. The number of nitrogens with zero attached hydrogens (tertiary/aromatic N) is 3. The lowest BCUT2D eigenvalue weighted by molar-refractivity contribution is 0.0652. The maximum absolute atomic E-state index is 10.9. The normalized spacial score (nSPS) is 10.7. The number of imidazole rings is 1. The van der Waals surface area contributed by atoms with Gasteiger partial charge in [0.25, 0.3) is 0 Å². The molecule has 0 bridgehead atoms. The minimum Gasteiger partial charge on any atom is -0.475 e. The molecule has 0 unspecified atom stereocenters. The average molecular weight is 269 g/mol. The molecule has 3 rings (SSSR count). The Labute approximate surface area is 114 Å². The smallest absolute Gasteiger partial charge is 0.374 e. The summed E-state index contributed by atoms with van der Waals surface area (Å²) in [7, 11) is 1.89. The first-order chi connectivity index (χ1) is 9.66. The van der Waals surface area contributed by atoms with Crippen molar-refractivity contribution in [3.8, 4) is 22.6 Å². The molecule has 20 heavy (non-hydrogen) atoms. The number of aryl methyl sites for hydroxylation is 1. The second-order valence-corrected chi connectivity index (χ2v) is 4.29. The minimum atomic E-state index is -1.14. The molecule has 2 aromatic heterocycles. The van der Waals surface area contributed by atoms with Gasteiger partial charge < -0.3 is 14.2 Å². The SMILES string of the molecule is Cn1ccnc1-c1ccccc1-c1cc(C(=O)O)on1. The van der Waals surface area contributed by atoms with E-state index >= 15 is 0 Å². The van der Waals surface area contributed by atoms with Gasteiger partial charge in [-0.1, -0.05) is 29.4 Å². The van der Waals surface area contributed by atoms with E-state index in [1.54, 1.807) is 6.20 Å². The first-order valence-electron chi connectivity index (χ1n) is 5.94. The van der Waals surface area contributed by atoms with Crippen molar-refractivity contribution in [3.63, 3.8) is 0 Å². The molecule has 0 atom stereocenters. The van der Waals surface area contributed by atoms with E-state index in [9.17, 15) is 4.79 Å². The summed E-state index contributed by atoms with van der Waals surface area (Å²) in [5.41, 5.74) is 2.12.